The number of H-pyrrole nitrogens is 1. The van der Waals surface area contributed by atoms with Crippen LogP contribution in [0.1, 0.15) is 27.5 Å². The molecule has 1 aromatic heterocycles. The number of hydrogen-bond acceptors (Lipinski definition) is 6. The summed E-state index contributed by atoms with van der Waals surface area (Å²) in [5.41, 5.74) is 3.13. The van der Waals surface area contributed by atoms with E-state index in [1.54, 1.807) is 42.5 Å². The maximum absolute atomic E-state index is 14.0. The van der Waals surface area contributed by atoms with Crippen LogP contribution in [0.5, 0.6) is 5.75 Å². The van der Waals surface area contributed by atoms with Crippen LogP contribution in [0.15, 0.2) is 76.6 Å². The number of carbonyl (C=O) groups is 2. The number of rotatable bonds is 5. The van der Waals surface area contributed by atoms with E-state index in [0.29, 0.717) is 36.9 Å². The lowest BCUT2D eigenvalue weighted by atomic mass is 9.82. The molecule has 10 heteroatoms. The number of thioether (sulfide) groups is 1. The molecule has 192 valence electrons. The second-order valence-corrected chi connectivity index (χ2v) is 12.2. The third-order valence-electron chi connectivity index (χ3n) is 6.73. The summed E-state index contributed by atoms with van der Waals surface area (Å²) >= 11 is 14.7. The maximum atomic E-state index is 14.0. The Hall–Kier alpha value is -3.04. The van der Waals surface area contributed by atoms with Crippen LogP contribution in [-0.2, 0) is 16.2 Å². The summed E-state index contributed by atoms with van der Waals surface area (Å²) < 4.78 is 6.23. The first-order valence-corrected chi connectivity index (χ1v) is 14.3. The first kappa shape index (κ1) is 25.2. The summed E-state index contributed by atoms with van der Waals surface area (Å²) in [6, 6.07) is 19.9. The van der Waals surface area contributed by atoms with Gasteiger partial charge in [-0.3, -0.25) is 14.4 Å². The number of carbonyl (C=O) groups excluding carboxylic acids is 2. The van der Waals surface area contributed by atoms with Crippen molar-refractivity contribution in [1.29, 1.82) is 0 Å². The summed E-state index contributed by atoms with van der Waals surface area (Å²) in [5, 5.41) is 0.991. The minimum absolute atomic E-state index is 0.242. The van der Waals surface area contributed by atoms with E-state index in [-0.39, 0.29) is 23.3 Å². The number of halogens is 2. The number of aryl methyl sites for hydroxylation is 1. The first-order chi connectivity index (χ1) is 18.3. The van der Waals surface area contributed by atoms with Crippen molar-refractivity contribution < 1.29 is 14.3 Å². The molecule has 4 aromatic rings. The lowest BCUT2D eigenvalue weighted by molar-refractivity contribution is -0.122. The van der Waals surface area contributed by atoms with Crippen molar-refractivity contribution in [2.75, 3.05) is 4.90 Å². The quantitative estimate of drug-likeness (QED) is 0.274. The number of ether oxygens (including phenoxy) is 1. The van der Waals surface area contributed by atoms with Crippen LogP contribution < -0.4 is 14.5 Å². The zero-order valence-electron chi connectivity index (χ0n) is 19.9. The number of aromatic nitrogens is 1. The molecule has 2 amide bonds. The first-order valence-electron chi connectivity index (χ1n) is 11.8. The van der Waals surface area contributed by atoms with Gasteiger partial charge in [0.05, 0.1) is 16.6 Å². The van der Waals surface area contributed by atoms with E-state index >= 15 is 0 Å². The van der Waals surface area contributed by atoms with Crippen molar-refractivity contribution in [3.8, 4) is 5.75 Å². The summed E-state index contributed by atoms with van der Waals surface area (Å²) in [6.45, 7) is 2.21. The Morgan fingerprint density at radius 3 is 2.37 bits per heavy atom. The molecule has 1 saturated heterocycles. The second-order valence-electron chi connectivity index (χ2n) is 9.19. The third kappa shape index (κ3) is 4.45. The minimum atomic E-state index is -0.732. The van der Waals surface area contributed by atoms with Crippen molar-refractivity contribution >= 4 is 63.8 Å². The zero-order chi connectivity index (χ0) is 26.6. The fraction of sp³-hybridized carbons (Fsp3) is 0.179. The number of nitrogens with one attached hydrogen (secondary N) is 1. The Morgan fingerprint density at radius 1 is 0.921 bits per heavy atom. The number of nitrogens with zero attached hydrogens (tertiary/aromatic N) is 1. The predicted octanol–water partition coefficient (Wildman–Crippen LogP) is 6.43. The van der Waals surface area contributed by atoms with Gasteiger partial charge in [-0.1, -0.05) is 76.1 Å². The molecular weight excluding hydrogens is 563 g/mol. The van der Waals surface area contributed by atoms with E-state index in [9.17, 15) is 14.4 Å². The van der Waals surface area contributed by atoms with Gasteiger partial charge in [0, 0.05) is 26.4 Å². The highest BCUT2D eigenvalue weighted by molar-refractivity contribution is 8.00. The maximum Gasteiger partial charge on any atom is 0.305 e. The van der Waals surface area contributed by atoms with Gasteiger partial charge in [-0.2, -0.15) is 0 Å². The molecule has 1 N–H and O–H groups in total. The smallest absolute Gasteiger partial charge is 0.305 e. The molecule has 3 aromatic carbocycles. The van der Waals surface area contributed by atoms with Gasteiger partial charge in [0.2, 0.25) is 11.8 Å². The van der Waals surface area contributed by atoms with E-state index in [4.69, 9.17) is 27.9 Å². The van der Waals surface area contributed by atoms with E-state index in [1.165, 1.54) is 16.7 Å². The van der Waals surface area contributed by atoms with Gasteiger partial charge in [-0.05, 0) is 55.0 Å². The van der Waals surface area contributed by atoms with Crippen LogP contribution in [0.3, 0.4) is 0 Å². The SMILES string of the molecule is Cc1ccc(N2C(=O)[C@H]3[C@H](c4cc(Cl)ccc4OCc4ccc(Cl)cc4)c4sc(=O)[nH]c4S[C@H]3C2=O)cc1. The molecular formula is C28H20Cl2N2O4S2. The molecule has 3 heterocycles. The van der Waals surface area contributed by atoms with E-state index in [1.807, 2.05) is 31.2 Å². The molecule has 38 heavy (non-hydrogen) atoms. The molecule has 6 rings (SSSR count). The van der Waals surface area contributed by atoms with Crippen LogP contribution >= 0.6 is 46.3 Å². The number of aromatic amines is 1. The average molecular weight is 584 g/mol. The summed E-state index contributed by atoms with van der Waals surface area (Å²) in [5.74, 6) is -1.41. The molecule has 0 bridgehead atoms. The van der Waals surface area contributed by atoms with Crippen molar-refractivity contribution in [3.05, 3.63) is 108 Å². The minimum Gasteiger partial charge on any atom is -0.489 e. The van der Waals surface area contributed by atoms with Crippen molar-refractivity contribution in [1.82, 2.24) is 4.98 Å². The van der Waals surface area contributed by atoms with Gasteiger partial charge < -0.3 is 9.72 Å². The number of hydrogen-bond donors (Lipinski definition) is 1. The average Bonchev–Trinajstić information content (AvgIpc) is 3.39. The molecule has 3 atom stereocenters. The monoisotopic (exact) mass is 582 g/mol. The van der Waals surface area contributed by atoms with Crippen LogP contribution in [0.25, 0.3) is 0 Å². The van der Waals surface area contributed by atoms with Gasteiger partial charge in [0.15, 0.2) is 0 Å². The second kappa shape index (κ2) is 9.93. The Labute approximate surface area is 236 Å². The summed E-state index contributed by atoms with van der Waals surface area (Å²) in [6.07, 6.45) is 0. The van der Waals surface area contributed by atoms with Crippen molar-refractivity contribution in [3.63, 3.8) is 0 Å². The fourth-order valence-corrected chi connectivity index (χ4v) is 7.75. The number of fused-ring (bicyclic) bond motifs is 2. The molecule has 0 radical (unpaired) electrons. The zero-order valence-corrected chi connectivity index (χ0v) is 23.1. The third-order valence-corrected chi connectivity index (χ3v) is 9.62. The standard InChI is InChI=1S/C28H20Cl2N2O4S2/c1-14-2-9-18(10-3-14)32-26(33)22-21(23-25(31-28(35)38-23)37-24(22)27(32)34)19-12-17(30)8-11-20(19)36-13-15-4-6-16(29)7-5-15/h2-12,21-22,24H,13H2,1H3,(H,31,35)/t21-,22-,24+/m0/s1. The van der Waals surface area contributed by atoms with Crippen LogP contribution in [0.2, 0.25) is 10.0 Å². The molecule has 2 aliphatic rings. The van der Waals surface area contributed by atoms with Crippen LogP contribution in [0.4, 0.5) is 5.69 Å². The largest absolute Gasteiger partial charge is 0.489 e. The molecule has 6 nitrogen and oxygen atoms in total. The van der Waals surface area contributed by atoms with E-state index in [2.05, 4.69) is 4.98 Å². The number of amides is 2. The number of imide groups is 1. The Bertz CT molecular complexity index is 1620. The number of thiazole rings is 1. The molecule has 0 unspecified atom stereocenters. The van der Waals surface area contributed by atoms with Gasteiger partial charge in [-0.25, -0.2) is 4.90 Å². The Balaban J connectivity index is 1.44. The number of benzene rings is 3. The molecule has 2 aliphatic heterocycles. The molecule has 0 aliphatic carbocycles. The van der Waals surface area contributed by atoms with Crippen LogP contribution in [0, 0.1) is 12.8 Å². The summed E-state index contributed by atoms with van der Waals surface area (Å²) in [4.78, 5) is 44.6. The molecule has 0 saturated carbocycles. The molecule has 0 spiro atoms. The van der Waals surface area contributed by atoms with Gasteiger partial charge in [0.1, 0.15) is 17.6 Å². The van der Waals surface area contributed by atoms with Crippen molar-refractivity contribution in [2.45, 2.75) is 29.7 Å². The number of anilines is 1. The molecule has 1 fully saturated rings. The van der Waals surface area contributed by atoms with Crippen LogP contribution in [-0.4, -0.2) is 22.0 Å². The topological polar surface area (TPSA) is 79.5 Å². The van der Waals surface area contributed by atoms with Gasteiger partial charge >= 0.3 is 4.87 Å². The van der Waals surface area contributed by atoms with Gasteiger partial charge in [0.25, 0.3) is 0 Å². The lowest BCUT2D eigenvalue weighted by Gasteiger charge is -2.31. The highest BCUT2D eigenvalue weighted by atomic mass is 35.5. The highest BCUT2D eigenvalue weighted by Crippen LogP contribution is 2.54. The van der Waals surface area contributed by atoms with Gasteiger partial charge in [-0.15, -0.1) is 0 Å². The lowest BCUT2D eigenvalue weighted by Crippen LogP contribution is -2.32. The van der Waals surface area contributed by atoms with E-state index < -0.39 is 17.1 Å². The van der Waals surface area contributed by atoms with E-state index in [0.717, 1.165) is 22.5 Å². The normalized spacial score (nSPS) is 20.4. The predicted molar refractivity (Wildman–Crippen MR) is 151 cm³/mol. The van der Waals surface area contributed by atoms with Crippen molar-refractivity contribution in [2.24, 2.45) is 5.92 Å². The summed E-state index contributed by atoms with van der Waals surface area (Å²) in [7, 11) is 0. The highest BCUT2D eigenvalue weighted by Gasteiger charge is 2.56. The Morgan fingerprint density at radius 2 is 1.63 bits per heavy atom. The fourth-order valence-electron chi connectivity index (χ4n) is 4.94. The Kier molecular flexibility index (Phi) is 6.60.